The molecule has 11 nitrogen and oxygen atoms in total. The van der Waals surface area contributed by atoms with E-state index in [0.29, 0.717) is 0 Å². The average molecular weight is 462 g/mol. The lowest BCUT2D eigenvalue weighted by Gasteiger charge is -2.40. The number of methoxy groups -OCH3 is 1. The van der Waals surface area contributed by atoms with Gasteiger partial charge in [-0.15, -0.1) is 0 Å². The van der Waals surface area contributed by atoms with Gasteiger partial charge >= 0.3 is 0 Å². The van der Waals surface area contributed by atoms with E-state index in [1.54, 1.807) is 0 Å². The van der Waals surface area contributed by atoms with Crippen molar-refractivity contribution in [3.8, 4) is 34.3 Å². The Kier molecular flexibility index (Phi) is 5.91. The Morgan fingerprint density at radius 2 is 1.67 bits per heavy atom. The number of ether oxygens (including phenoxy) is 2. The van der Waals surface area contributed by atoms with E-state index in [0.717, 1.165) is 18.2 Å². The minimum Gasteiger partial charge on any atom is -0.507 e. The second kappa shape index (κ2) is 8.54. The van der Waals surface area contributed by atoms with E-state index in [1.807, 2.05) is 0 Å². The monoisotopic (exact) mass is 462 g/mol. The van der Waals surface area contributed by atoms with Crippen molar-refractivity contribution in [2.45, 2.75) is 30.5 Å². The zero-order chi connectivity index (χ0) is 24.0. The quantitative estimate of drug-likeness (QED) is 0.260. The van der Waals surface area contributed by atoms with E-state index in [2.05, 4.69) is 0 Å². The van der Waals surface area contributed by atoms with Crippen LogP contribution in [0.5, 0.6) is 23.0 Å². The molecular formula is C22H22O11. The minimum absolute atomic E-state index is 0.0517. The Balaban J connectivity index is 2.00. The van der Waals surface area contributed by atoms with Gasteiger partial charge < -0.3 is 49.6 Å². The van der Waals surface area contributed by atoms with Crippen molar-refractivity contribution in [3.05, 3.63) is 46.1 Å². The SMILES string of the molecule is COc1cc(O)c2c(=O)cc(-c3ccc(O)c(O)c3)oc2c1C1OC(CO)C(O)C(O)C1O. The highest BCUT2D eigenvalue weighted by atomic mass is 16.5. The van der Waals surface area contributed by atoms with Gasteiger partial charge in [0.15, 0.2) is 22.5 Å². The van der Waals surface area contributed by atoms with Crippen molar-refractivity contribution in [2.24, 2.45) is 0 Å². The normalized spacial score (nSPS) is 25.3. The summed E-state index contributed by atoms with van der Waals surface area (Å²) in [6.45, 7) is -0.679. The average Bonchev–Trinajstić information content (AvgIpc) is 2.79. The molecule has 1 saturated heterocycles. The van der Waals surface area contributed by atoms with Crippen LogP contribution in [0.2, 0.25) is 0 Å². The van der Waals surface area contributed by atoms with Gasteiger partial charge in [0.25, 0.3) is 0 Å². The van der Waals surface area contributed by atoms with Crippen LogP contribution in [-0.4, -0.2) is 73.9 Å². The van der Waals surface area contributed by atoms with Gasteiger partial charge in [0.1, 0.15) is 53.2 Å². The number of benzene rings is 2. The first-order valence-electron chi connectivity index (χ1n) is 9.88. The van der Waals surface area contributed by atoms with Gasteiger partial charge in [0, 0.05) is 17.7 Å². The van der Waals surface area contributed by atoms with Crippen molar-refractivity contribution in [3.63, 3.8) is 0 Å². The summed E-state index contributed by atoms with van der Waals surface area (Å²) >= 11 is 0. The van der Waals surface area contributed by atoms with E-state index in [-0.39, 0.29) is 39.4 Å². The van der Waals surface area contributed by atoms with E-state index < -0.39 is 54.1 Å². The predicted octanol–water partition coefficient (Wildman–Crippen LogP) is 0.100. The Bertz CT molecular complexity index is 1250. The lowest BCUT2D eigenvalue weighted by atomic mass is 9.89. The number of aliphatic hydroxyl groups is 4. The van der Waals surface area contributed by atoms with E-state index >= 15 is 0 Å². The largest absolute Gasteiger partial charge is 0.507 e. The Labute approximate surface area is 185 Å². The van der Waals surface area contributed by atoms with E-state index in [1.165, 1.54) is 19.2 Å². The molecule has 5 atom stereocenters. The minimum atomic E-state index is -1.71. The Hall–Kier alpha value is -3.35. The summed E-state index contributed by atoms with van der Waals surface area (Å²) in [5.74, 6) is -1.44. The molecule has 11 heteroatoms. The second-order valence-electron chi connectivity index (χ2n) is 7.64. The number of hydrogen-bond acceptors (Lipinski definition) is 11. The van der Waals surface area contributed by atoms with Crippen LogP contribution < -0.4 is 10.2 Å². The molecule has 1 aliphatic rings. The zero-order valence-electron chi connectivity index (χ0n) is 17.2. The van der Waals surface area contributed by atoms with Crippen LogP contribution in [0.15, 0.2) is 39.5 Å². The van der Waals surface area contributed by atoms with E-state index in [9.17, 15) is 40.5 Å². The fraction of sp³-hybridized carbons (Fsp3) is 0.318. The van der Waals surface area contributed by atoms with Crippen LogP contribution in [0.25, 0.3) is 22.3 Å². The van der Waals surface area contributed by atoms with Crippen molar-refractivity contribution < 1.29 is 49.6 Å². The fourth-order valence-electron chi connectivity index (χ4n) is 3.91. The van der Waals surface area contributed by atoms with Gasteiger partial charge in [-0.2, -0.15) is 0 Å². The number of aromatic hydroxyl groups is 3. The molecule has 2 heterocycles. The molecule has 5 unspecified atom stereocenters. The fourth-order valence-corrected chi connectivity index (χ4v) is 3.91. The molecule has 4 rings (SSSR count). The molecule has 7 N–H and O–H groups in total. The van der Waals surface area contributed by atoms with Gasteiger partial charge in [-0.1, -0.05) is 0 Å². The third kappa shape index (κ3) is 3.75. The molecule has 3 aromatic rings. The van der Waals surface area contributed by atoms with E-state index in [4.69, 9.17) is 13.9 Å². The smallest absolute Gasteiger partial charge is 0.197 e. The summed E-state index contributed by atoms with van der Waals surface area (Å²) in [4.78, 5) is 12.9. The van der Waals surface area contributed by atoms with Crippen LogP contribution in [0, 0.1) is 0 Å². The highest BCUT2D eigenvalue weighted by molar-refractivity contribution is 5.89. The summed E-state index contributed by atoms with van der Waals surface area (Å²) < 4.78 is 16.8. The first kappa shape index (κ1) is 22.8. The number of fused-ring (bicyclic) bond motifs is 1. The number of hydrogen-bond donors (Lipinski definition) is 7. The molecule has 0 saturated carbocycles. The van der Waals surface area contributed by atoms with Crippen molar-refractivity contribution >= 4 is 11.0 Å². The maximum Gasteiger partial charge on any atom is 0.197 e. The molecule has 1 aliphatic heterocycles. The standard InChI is InChI=1S/C22H22O11/c1-31-14-6-12(27)16-11(26)5-13(8-2-3-9(24)10(25)4-8)32-21(16)17(14)22-20(30)19(29)18(28)15(7-23)33-22/h2-6,15,18-20,22-25,27-30H,7H2,1H3. The lowest BCUT2D eigenvalue weighted by Crippen LogP contribution is -2.55. The Morgan fingerprint density at radius 1 is 0.939 bits per heavy atom. The summed E-state index contributed by atoms with van der Waals surface area (Å²) in [5, 5.41) is 70.1. The molecule has 0 radical (unpaired) electrons. The topological polar surface area (TPSA) is 190 Å². The maximum absolute atomic E-state index is 12.9. The van der Waals surface area contributed by atoms with Crippen LogP contribution in [0.3, 0.4) is 0 Å². The molecule has 33 heavy (non-hydrogen) atoms. The van der Waals surface area contributed by atoms with Crippen LogP contribution in [0.4, 0.5) is 0 Å². The number of rotatable bonds is 4. The van der Waals surface area contributed by atoms with Crippen molar-refractivity contribution in [1.29, 1.82) is 0 Å². The molecule has 1 fully saturated rings. The summed E-state index contributed by atoms with van der Waals surface area (Å²) in [6, 6.07) is 5.91. The molecule has 0 spiro atoms. The van der Waals surface area contributed by atoms with Crippen molar-refractivity contribution in [2.75, 3.05) is 13.7 Å². The van der Waals surface area contributed by atoms with Gasteiger partial charge in [-0.25, -0.2) is 0 Å². The van der Waals surface area contributed by atoms with Gasteiger partial charge in [0.2, 0.25) is 0 Å². The first-order chi connectivity index (χ1) is 15.7. The molecule has 0 bridgehead atoms. The highest BCUT2D eigenvalue weighted by Gasteiger charge is 2.46. The maximum atomic E-state index is 12.9. The van der Waals surface area contributed by atoms with Gasteiger partial charge in [-0.3, -0.25) is 4.79 Å². The first-order valence-corrected chi connectivity index (χ1v) is 9.88. The summed E-state index contributed by atoms with van der Waals surface area (Å²) in [6.07, 6.45) is -7.70. The molecule has 1 aromatic heterocycles. The molecular weight excluding hydrogens is 440 g/mol. The Morgan fingerprint density at radius 3 is 2.30 bits per heavy atom. The van der Waals surface area contributed by atoms with Crippen LogP contribution in [-0.2, 0) is 4.74 Å². The van der Waals surface area contributed by atoms with Crippen LogP contribution in [0.1, 0.15) is 11.7 Å². The third-order valence-corrected chi connectivity index (χ3v) is 5.64. The van der Waals surface area contributed by atoms with Crippen molar-refractivity contribution in [1.82, 2.24) is 0 Å². The van der Waals surface area contributed by atoms with Crippen LogP contribution >= 0.6 is 0 Å². The summed E-state index contributed by atoms with van der Waals surface area (Å²) in [7, 11) is 1.26. The van der Waals surface area contributed by atoms with Gasteiger partial charge in [0.05, 0.1) is 19.3 Å². The van der Waals surface area contributed by atoms with Gasteiger partial charge in [-0.05, 0) is 18.2 Å². The highest BCUT2D eigenvalue weighted by Crippen LogP contribution is 2.44. The molecule has 0 amide bonds. The lowest BCUT2D eigenvalue weighted by molar-refractivity contribution is -0.231. The number of phenols is 3. The zero-order valence-corrected chi connectivity index (χ0v) is 17.2. The number of phenolic OH excluding ortho intramolecular Hbond substituents is 3. The number of aliphatic hydroxyl groups excluding tert-OH is 4. The third-order valence-electron chi connectivity index (χ3n) is 5.64. The summed E-state index contributed by atoms with van der Waals surface area (Å²) in [5.41, 5.74) is -0.758. The molecule has 0 aliphatic carbocycles. The molecule has 176 valence electrons. The second-order valence-corrected chi connectivity index (χ2v) is 7.64. The molecule has 2 aromatic carbocycles. The predicted molar refractivity (Wildman–Crippen MR) is 112 cm³/mol.